The number of hydrogen-bond donors (Lipinski definition) is 2. The number of hydrogen-bond acceptors (Lipinski definition) is 6. The maximum atomic E-state index is 12.1. The second kappa shape index (κ2) is 9.82. The van der Waals surface area contributed by atoms with Crippen molar-refractivity contribution in [3.63, 3.8) is 0 Å². The van der Waals surface area contributed by atoms with E-state index in [1.165, 1.54) is 11.8 Å². The molecule has 2 amide bonds. The Bertz CT molecular complexity index is 612. The molecule has 0 spiro atoms. The van der Waals surface area contributed by atoms with E-state index in [1.54, 1.807) is 6.07 Å². The average Bonchev–Trinajstić information content (AvgIpc) is 2.78. The fourth-order valence-corrected chi connectivity index (χ4v) is 3.50. The highest BCUT2D eigenvalue weighted by atomic mass is 35.5. The lowest BCUT2D eigenvalue weighted by atomic mass is 10.1. The quantitative estimate of drug-likeness (QED) is 0.423. The van der Waals surface area contributed by atoms with E-state index in [0.717, 1.165) is 31.7 Å². The summed E-state index contributed by atoms with van der Waals surface area (Å²) in [6, 6.07) is 1.26. The van der Waals surface area contributed by atoms with E-state index in [4.69, 9.17) is 11.6 Å². The number of halogens is 1. The van der Waals surface area contributed by atoms with Crippen molar-refractivity contribution >= 4 is 41.0 Å². The maximum absolute atomic E-state index is 12.1. The predicted octanol–water partition coefficient (Wildman–Crippen LogP) is 1.85. The van der Waals surface area contributed by atoms with Gasteiger partial charge >= 0.3 is 0 Å². The topological polar surface area (TPSA) is 87.2 Å². The molecule has 0 aliphatic carbocycles. The number of aromatic nitrogens is 2. The van der Waals surface area contributed by atoms with Gasteiger partial charge in [0.2, 0.25) is 11.8 Å². The van der Waals surface area contributed by atoms with Crippen LogP contribution in [-0.2, 0) is 9.59 Å². The third-order valence-electron chi connectivity index (χ3n) is 3.95. The minimum Gasteiger partial charge on any atom is -0.357 e. The van der Waals surface area contributed by atoms with E-state index >= 15 is 0 Å². The highest BCUT2D eigenvalue weighted by Crippen LogP contribution is 2.21. The van der Waals surface area contributed by atoms with Crippen LogP contribution < -0.4 is 15.5 Å². The van der Waals surface area contributed by atoms with Crippen molar-refractivity contribution < 1.29 is 9.59 Å². The van der Waals surface area contributed by atoms with Gasteiger partial charge in [-0.05, 0) is 33.1 Å². The highest BCUT2D eigenvalue weighted by molar-refractivity contribution is 7.99. The van der Waals surface area contributed by atoms with Crippen LogP contribution >= 0.6 is 23.4 Å². The first-order chi connectivity index (χ1) is 12.0. The molecule has 0 saturated carbocycles. The van der Waals surface area contributed by atoms with Crippen molar-refractivity contribution in [1.82, 2.24) is 20.6 Å². The summed E-state index contributed by atoms with van der Waals surface area (Å²) in [6.45, 7) is 6.37. The summed E-state index contributed by atoms with van der Waals surface area (Å²) in [6.07, 6.45) is 2.53. The monoisotopic (exact) mass is 385 g/mol. The largest absolute Gasteiger partial charge is 0.357 e. The smallest absolute Gasteiger partial charge is 0.242 e. The molecule has 1 aliphatic heterocycles. The molecule has 138 valence electrons. The zero-order valence-corrected chi connectivity index (χ0v) is 16.1. The van der Waals surface area contributed by atoms with Crippen LogP contribution in [0.15, 0.2) is 11.2 Å². The lowest BCUT2D eigenvalue weighted by Gasteiger charge is -2.20. The van der Waals surface area contributed by atoms with Gasteiger partial charge < -0.3 is 15.5 Å². The van der Waals surface area contributed by atoms with Crippen molar-refractivity contribution in [2.75, 3.05) is 30.3 Å². The molecule has 0 aromatic carbocycles. The predicted molar refractivity (Wildman–Crippen MR) is 100 cm³/mol. The Morgan fingerprint density at radius 3 is 2.88 bits per heavy atom. The number of anilines is 1. The Balaban J connectivity index is 1.93. The van der Waals surface area contributed by atoms with E-state index in [-0.39, 0.29) is 17.6 Å². The standard InChI is InChI=1S/C16H24ClN5O2S/c1-3-22(4-2)13-9-12(17)20-16(21-13)25-10-14(23)19-11-7-5-6-8-18-15(11)24/h9,11H,3-8,10H2,1-2H3,(H,18,24)(H,19,23)/t11-/m0/s1. The van der Waals surface area contributed by atoms with Crippen LogP contribution in [0.5, 0.6) is 0 Å². The third kappa shape index (κ3) is 6.04. The Morgan fingerprint density at radius 1 is 1.40 bits per heavy atom. The molecule has 0 radical (unpaired) electrons. The molecule has 0 bridgehead atoms. The number of rotatable bonds is 7. The van der Waals surface area contributed by atoms with Crippen LogP contribution in [0.2, 0.25) is 5.15 Å². The molecule has 9 heteroatoms. The lowest BCUT2D eigenvalue weighted by molar-refractivity contribution is -0.127. The minimum atomic E-state index is -0.456. The second-order valence-corrected chi connectivity index (χ2v) is 7.03. The van der Waals surface area contributed by atoms with Crippen LogP contribution in [0.3, 0.4) is 0 Å². The fourth-order valence-electron chi connectivity index (χ4n) is 2.60. The van der Waals surface area contributed by atoms with Gasteiger partial charge in [-0.3, -0.25) is 9.59 Å². The van der Waals surface area contributed by atoms with Gasteiger partial charge in [-0.25, -0.2) is 9.97 Å². The van der Waals surface area contributed by atoms with Gasteiger partial charge in [0.05, 0.1) is 5.75 Å². The number of carbonyl (C=O) groups excluding carboxylic acids is 2. The number of thioether (sulfide) groups is 1. The van der Waals surface area contributed by atoms with Crippen molar-refractivity contribution in [2.24, 2.45) is 0 Å². The summed E-state index contributed by atoms with van der Waals surface area (Å²) in [5.41, 5.74) is 0. The lowest BCUT2D eigenvalue weighted by Crippen LogP contribution is -2.46. The maximum Gasteiger partial charge on any atom is 0.242 e. The van der Waals surface area contributed by atoms with Crippen LogP contribution in [0.25, 0.3) is 0 Å². The Hall–Kier alpha value is -1.54. The van der Waals surface area contributed by atoms with E-state index in [0.29, 0.717) is 23.3 Å². The molecule has 2 N–H and O–H groups in total. The SMILES string of the molecule is CCN(CC)c1cc(Cl)nc(SCC(=O)N[C@H]2CCCCNC2=O)n1. The first-order valence-corrected chi connectivity index (χ1v) is 9.89. The zero-order chi connectivity index (χ0) is 18.2. The summed E-state index contributed by atoms with van der Waals surface area (Å²) in [5, 5.41) is 6.39. The van der Waals surface area contributed by atoms with Crippen molar-refractivity contribution in [1.29, 1.82) is 0 Å². The second-order valence-electron chi connectivity index (χ2n) is 5.70. The molecule has 2 heterocycles. The molecule has 1 saturated heterocycles. The van der Waals surface area contributed by atoms with Crippen molar-refractivity contribution in [3.8, 4) is 0 Å². The average molecular weight is 386 g/mol. The molecule has 1 atom stereocenters. The van der Waals surface area contributed by atoms with E-state index in [9.17, 15) is 9.59 Å². The van der Waals surface area contributed by atoms with Gasteiger partial charge in [0.1, 0.15) is 17.0 Å². The molecule has 1 aromatic heterocycles. The van der Waals surface area contributed by atoms with Gasteiger partial charge in [0.25, 0.3) is 0 Å². The molecule has 7 nitrogen and oxygen atoms in total. The third-order valence-corrected chi connectivity index (χ3v) is 4.99. The normalized spacial score (nSPS) is 17.6. The Morgan fingerprint density at radius 2 is 2.16 bits per heavy atom. The highest BCUT2D eigenvalue weighted by Gasteiger charge is 2.22. The van der Waals surface area contributed by atoms with E-state index < -0.39 is 6.04 Å². The van der Waals surface area contributed by atoms with Crippen LogP contribution in [-0.4, -0.2) is 53.2 Å². The van der Waals surface area contributed by atoms with Crippen molar-refractivity contribution in [2.45, 2.75) is 44.3 Å². The molecule has 1 fully saturated rings. The first kappa shape index (κ1) is 19.8. The van der Waals surface area contributed by atoms with Gasteiger partial charge in [-0.1, -0.05) is 23.4 Å². The van der Waals surface area contributed by atoms with Gasteiger partial charge in [0, 0.05) is 25.7 Å². The molecule has 0 unspecified atom stereocenters. The Labute approximate surface area is 157 Å². The molecule has 25 heavy (non-hydrogen) atoms. The molecular formula is C16H24ClN5O2S. The van der Waals surface area contributed by atoms with E-state index in [2.05, 4.69) is 25.5 Å². The van der Waals surface area contributed by atoms with Crippen molar-refractivity contribution in [3.05, 3.63) is 11.2 Å². The fraction of sp³-hybridized carbons (Fsp3) is 0.625. The van der Waals surface area contributed by atoms with Gasteiger partial charge in [-0.2, -0.15) is 0 Å². The summed E-state index contributed by atoms with van der Waals surface area (Å²) < 4.78 is 0. The minimum absolute atomic E-state index is 0.112. The number of nitrogens with zero attached hydrogens (tertiary/aromatic N) is 3. The number of amides is 2. The number of carbonyl (C=O) groups is 2. The molecule has 2 rings (SSSR count). The molecule has 1 aromatic rings. The van der Waals surface area contributed by atoms with Gasteiger partial charge in [-0.15, -0.1) is 0 Å². The van der Waals surface area contributed by atoms with E-state index in [1.807, 2.05) is 13.8 Å². The zero-order valence-electron chi connectivity index (χ0n) is 14.5. The van der Waals surface area contributed by atoms with Crippen LogP contribution in [0.4, 0.5) is 5.82 Å². The summed E-state index contributed by atoms with van der Waals surface area (Å²) >= 11 is 7.28. The first-order valence-electron chi connectivity index (χ1n) is 8.52. The summed E-state index contributed by atoms with van der Waals surface area (Å²) in [5.74, 6) is 0.566. The Kier molecular flexibility index (Phi) is 7.77. The van der Waals surface area contributed by atoms with Gasteiger partial charge in [0.15, 0.2) is 5.16 Å². The van der Waals surface area contributed by atoms with Crippen LogP contribution in [0, 0.1) is 0 Å². The summed E-state index contributed by atoms with van der Waals surface area (Å²) in [4.78, 5) is 34.7. The summed E-state index contributed by atoms with van der Waals surface area (Å²) in [7, 11) is 0. The molecule has 1 aliphatic rings. The number of nitrogens with one attached hydrogen (secondary N) is 2. The van der Waals surface area contributed by atoms with Crippen LogP contribution in [0.1, 0.15) is 33.1 Å². The molecular weight excluding hydrogens is 362 g/mol.